The minimum Gasteiger partial charge on any atom is -0.456 e. The maximum atomic E-state index is 6.46. The molecule has 9 aromatic carbocycles. The highest BCUT2D eigenvalue weighted by Crippen LogP contribution is 2.43. The summed E-state index contributed by atoms with van der Waals surface area (Å²) in [7, 11) is 16.3. The number of furan rings is 1. The molecule has 0 aliphatic heterocycles. The van der Waals surface area contributed by atoms with Crippen LogP contribution in [0.4, 0.5) is 0 Å². The Kier molecular flexibility index (Phi) is 8.69. The van der Waals surface area contributed by atoms with Crippen molar-refractivity contribution in [3.05, 3.63) is 164 Å². The molecule has 64 heavy (non-hydrogen) atoms. The molecule has 10 heteroatoms. The first-order chi connectivity index (χ1) is 31.2. The van der Waals surface area contributed by atoms with Gasteiger partial charge in [-0.15, -0.1) is 5.46 Å². The highest BCUT2D eigenvalue weighted by atomic mass is 16.3. The third kappa shape index (κ3) is 5.45. The fraction of sp³-hybridized carbons (Fsp3) is 0. The van der Waals surface area contributed by atoms with Gasteiger partial charge in [-0.05, 0) is 87.3 Å². The minimum atomic E-state index is 0.891. The molecule has 0 bridgehead atoms. The molecule has 0 radical (unpaired) electrons. The second-order valence-electron chi connectivity index (χ2n) is 17.8. The highest BCUT2D eigenvalue weighted by molar-refractivity contribution is 6.69. The van der Waals surface area contributed by atoms with Crippen LogP contribution in [0.3, 0.4) is 0 Å². The van der Waals surface area contributed by atoms with Gasteiger partial charge in [-0.25, -0.2) is 0 Å². The van der Waals surface area contributed by atoms with Gasteiger partial charge in [0.2, 0.25) is 0 Å². The molecule has 12 rings (SSSR count). The Morgan fingerprint density at radius 2 is 0.938 bits per heavy atom. The van der Waals surface area contributed by atoms with Gasteiger partial charge in [0.1, 0.15) is 66.1 Å². The zero-order valence-electron chi connectivity index (χ0n) is 37.4. The lowest BCUT2D eigenvalue weighted by Crippen LogP contribution is -2.48. The Balaban J connectivity index is 1.16. The summed E-state index contributed by atoms with van der Waals surface area (Å²) in [5.41, 5.74) is 25.8. The molecule has 12 aromatic rings. The van der Waals surface area contributed by atoms with Crippen molar-refractivity contribution in [1.29, 1.82) is 0 Å². The van der Waals surface area contributed by atoms with E-state index in [0.717, 1.165) is 27.6 Å². The molecule has 0 N–H and O–H groups in total. The fourth-order valence-electron chi connectivity index (χ4n) is 11.1. The number of hydrogen-bond donors (Lipinski definition) is 0. The summed E-state index contributed by atoms with van der Waals surface area (Å²) in [5.74, 6) is 0. The Hall–Kier alpha value is -7.17. The van der Waals surface area contributed by atoms with Crippen molar-refractivity contribution in [3.8, 4) is 44.8 Å². The van der Waals surface area contributed by atoms with Crippen molar-refractivity contribution >= 4 is 159 Å². The molecular formula is C54H41B7N2O. The van der Waals surface area contributed by atoms with Crippen LogP contribution in [-0.2, 0) is 0 Å². The van der Waals surface area contributed by atoms with Crippen LogP contribution in [-0.4, -0.2) is 64.1 Å². The molecule has 0 amide bonds. The van der Waals surface area contributed by atoms with E-state index < -0.39 is 0 Å². The third-order valence-electron chi connectivity index (χ3n) is 14.6. The summed E-state index contributed by atoms with van der Waals surface area (Å²) in [4.78, 5) is 0. The molecule has 0 saturated carbocycles. The van der Waals surface area contributed by atoms with E-state index in [1.807, 2.05) is 6.07 Å². The van der Waals surface area contributed by atoms with Crippen molar-refractivity contribution in [3.63, 3.8) is 0 Å². The number of rotatable bonds is 5. The topological polar surface area (TPSA) is 23.0 Å². The van der Waals surface area contributed by atoms with Crippen LogP contribution in [0.2, 0.25) is 0 Å². The molecule has 294 valence electrons. The molecule has 0 spiro atoms. The summed E-state index contributed by atoms with van der Waals surface area (Å²) in [5, 5.41) is 7.42. The van der Waals surface area contributed by atoms with Crippen LogP contribution in [0.5, 0.6) is 0 Å². The zero-order valence-corrected chi connectivity index (χ0v) is 37.4. The van der Waals surface area contributed by atoms with Crippen molar-refractivity contribution in [2.75, 3.05) is 0 Å². The smallest absolute Gasteiger partial charge is 0.141 e. The van der Waals surface area contributed by atoms with Crippen LogP contribution in [0.15, 0.2) is 168 Å². The number of nitrogens with zero attached hydrogens (tertiary/aromatic N) is 2. The van der Waals surface area contributed by atoms with E-state index in [2.05, 4.69) is 222 Å². The second kappa shape index (κ2) is 14.4. The summed E-state index contributed by atoms with van der Waals surface area (Å²) in [6, 6.07) is 59.5. The van der Waals surface area contributed by atoms with Crippen LogP contribution in [0.25, 0.3) is 110 Å². The second-order valence-corrected chi connectivity index (χ2v) is 17.8. The van der Waals surface area contributed by atoms with E-state index in [0.29, 0.717) is 0 Å². The van der Waals surface area contributed by atoms with Gasteiger partial charge in [0.15, 0.2) is 0 Å². The van der Waals surface area contributed by atoms with Crippen molar-refractivity contribution in [2.24, 2.45) is 0 Å². The standard InChI is InChI=1S/C54H41B7N2O/c55-46-41(47(56)51(60)53-44(46)45-48(57)49(58)50(59)52(61)54(45)62(53)32-24-21-29(22-25-32)28-11-3-1-4-12-28)31-23-26-36-35(27-31)42-33(30-13-5-2-6-14-30)16-9-17-37(42)63(36)38-18-10-20-40-43(38)34-15-7-8-19-39(34)64-40/h1-27H,55-61H2. The first kappa shape index (κ1) is 38.5. The third-order valence-corrected chi connectivity index (χ3v) is 14.6. The average Bonchev–Trinajstić information content (AvgIpc) is 4.01. The van der Waals surface area contributed by atoms with Crippen LogP contribution in [0.1, 0.15) is 0 Å². The molecule has 3 heterocycles. The van der Waals surface area contributed by atoms with E-state index in [-0.39, 0.29) is 0 Å². The predicted molar refractivity (Wildman–Crippen MR) is 296 cm³/mol. The quantitative estimate of drug-likeness (QED) is 0.246. The van der Waals surface area contributed by atoms with Gasteiger partial charge in [-0.1, -0.05) is 148 Å². The molecule has 0 fully saturated rings. The van der Waals surface area contributed by atoms with Crippen LogP contribution in [0, 0.1) is 0 Å². The lowest BCUT2D eigenvalue weighted by molar-refractivity contribution is 0.669. The molecule has 0 aliphatic rings. The van der Waals surface area contributed by atoms with E-state index in [1.165, 1.54) is 121 Å². The number of benzene rings is 9. The van der Waals surface area contributed by atoms with Gasteiger partial charge >= 0.3 is 0 Å². The van der Waals surface area contributed by atoms with Gasteiger partial charge in [-0.2, -0.15) is 0 Å². The number of para-hydroxylation sites is 1. The Labute approximate surface area is 379 Å². The van der Waals surface area contributed by atoms with Crippen molar-refractivity contribution in [2.45, 2.75) is 0 Å². The summed E-state index contributed by atoms with van der Waals surface area (Å²) >= 11 is 0. The normalized spacial score (nSPS) is 11.9. The molecular weight excluding hydrogens is 768 g/mol. The lowest BCUT2D eigenvalue weighted by Gasteiger charge is -2.19. The van der Waals surface area contributed by atoms with E-state index >= 15 is 0 Å². The van der Waals surface area contributed by atoms with Crippen molar-refractivity contribution < 1.29 is 4.42 Å². The Bertz CT molecular complexity index is 3910. The van der Waals surface area contributed by atoms with Gasteiger partial charge in [0.05, 0.1) is 22.1 Å². The van der Waals surface area contributed by atoms with Gasteiger partial charge in [-0.3, -0.25) is 0 Å². The van der Waals surface area contributed by atoms with Gasteiger partial charge < -0.3 is 13.6 Å². The SMILES string of the molecule is Bc1c(B)c(B)c2c(c1B)c1c(B)c(-c3ccc4c(c3)c3c(-c5ccccc5)cccc3n4-c3cccc4oc5ccccc5c34)c(B)c(B)c1n2-c1ccc(-c2ccccc2)cc1. The minimum absolute atomic E-state index is 0.891. The van der Waals surface area contributed by atoms with Crippen molar-refractivity contribution in [1.82, 2.24) is 9.13 Å². The summed E-state index contributed by atoms with van der Waals surface area (Å²) in [6.07, 6.45) is 0. The van der Waals surface area contributed by atoms with Gasteiger partial charge in [0.25, 0.3) is 0 Å². The maximum Gasteiger partial charge on any atom is 0.141 e. The summed E-state index contributed by atoms with van der Waals surface area (Å²) < 4.78 is 11.5. The van der Waals surface area contributed by atoms with E-state index in [4.69, 9.17) is 4.42 Å². The highest BCUT2D eigenvalue weighted by Gasteiger charge is 2.26. The Morgan fingerprint density at radius 3 is 1.69 bits per heavy atom. The largest absolute Gasteiger partial charge is 0.456 e. The molecule has 0 aliphatic carbocycles. The number of hydrogen-bond acceptors (Lipinski definition) is 1. The maximum absolute atomic E-state index is 6.46. The van der Waals surface area contributed by atoms with E-state index in [9.17, 15) is 0 Å². The van der Waals surface area contributed by atoms with Gasteiger partial charge in [0, 0.05) is 38.3 Å². The fourth-order valence-corrected chi connectivity index (χ4v) is 11.1. The van der Waals surface area contributed by atoms with Crippen LogP contribution >= 0.6 is 0 Å². The average molecular weight is 810 g/mol. The molecule has 0 saturated heterocycles. The molecule has 0 unspecified atom stereocenters. The predicted octanol–water partition coefficient (Wildman–Crippen LogP) is 2.59. The molecule has 3 nitrogen and oxygen atoms in total. The first-order valence-corrected chi connectivity index (χ1v) is 22.4. The molecule has 3 aromatic heterocycles. The zero-order chi connectivity index (χ0) is 43.5. The monoisotopic (exact) mass is 810 g/mol. The number of fused-ring (bicyclic) bond motifs is 9. The Morgan fingerprint density at radius 1 is 0.344 bits per heavy atom. The lowest BCUT2D eigenvalue weighted by atomic mass is 9.64. The number of aromatic nitrogens is 2. The molecule has 0 atom stereocenters. The van der Waals surface area contributed by atoms with Crippen LogP contribution < -0.4 is 38.2 Å². The first-order valence-electron chi connectivity index (χ1n) is 22.4. The summed E-state index contributed by atoms with van der Waals surface area (Å²) in [6.45, 7) is 0. The van der Waals surface area contributed by atoms with E-state index in [1.54, 1.807) is 0 Å².